The maximum Gasteiger partial charge on any atom is 0.224 e. The molecule has 0 aliphatic heterocycles. The standard InChI is InChI=1S/C20H19N7O2/c21-17-15(24-16-18(22)26-20(23)27-19(16)25-17)12-6-8-13(9-7-12)29-10-14(28)11-4-2-1-3-5-11/h1-9,14,28H,10H2,(H6,21,22,23,25,26,27). The largest absolute Gasteiger partial charge is 0.491 e. The molecule has 0 bridgehead atoms. The maximum absolute atomic E-state index is 10.2. The number of aliphatic hydroxyl groups is 1. The summed E-state index contributed by atoms with van der Waals surface area (Å²) in [5.41, 5.74) is 20.0. The van der Waals surface area contributed by atoms with Crippen molar-refractivity contribution in [3.63, 3.8) is 0 Å². The lowest BCUT2D eigenvalue weighted by atomic mass is 10.1. The van der Waals surface area contributed by atoms with Crippen LogP contribution in [0.15, 0.2) is 54.6 Å². The number of hydrogen-bond acceptors (Lipinski definition) is 9. The summed E-state index contributed by atoms with van der Waals surface area (Å²) < 4.78 is 5.67. The van der Waals surface area contributed by atoms with Crippen molar-refractivity contribution >= 4 is 28.7 Å². The number of ether oxygens (including phenoxy) is 1. The third kappa shape index (κ3) is 3.85. The topological polar surface area (TPSA) is 159 Å². The Morgan fingerprint density at radius 3 is 2.28 bits per heavy atom. The predicted molar refractivity (Wildman–Crippen MR) is 111 cm³/mol. The Hall–Kier alpha value is -3.98. The van der Waals surface area contributed by atoms with Gasteiger partial charge in [0.05, 0.1) is 0 Å². The van der Waals surface area contributed by atoms with E-state index >= 15 is 0 Å². The highest BCUT2D eigenvalue weighted by Gasteiger charge is 2.13. The molecule has 0 aliphatic carbocycles. The van der Waals surface area contributed by atoms with Gasteiger partial charge in [-0.2, -0.15) is 9.97 Å². The molecule has 0 fully saturated rings. The molecule has 9 heteroatoms. The monoisotopic (exact) mass is 389 g/mol. The number of fused-ring (bicyclic) bond motifs is 1. The van der Waals surface area contributed by atoms with Gasteiger partial charge < -0.3 is 27.0 Å². The minimum atomic E-state index is -0.715. The molecule has 4 rings (SSSR count). The molecular formula is C20H19N7O2. The zero-order chi connectivity index (χ0) is 20.4. The van der Waals surface area contributed by atoms with Gasteiger partial charge in [-0.15, -0.1) is 0 Å². The van der Waals surface area contributed by atoms with Crippen LogP contribution in [0.4, 0.5) is 17.6 Å². The molecule has 29 heavy (non-hydrogen) atoms. The van der Waals surface area contributed by atoms with Gasteiger partial charge in [0.2, 0.25) is 5.95 Å². The Labute approximate surface area is 166 Å². The summed E-state index contributed by atoms with van der Waals surface area (Å²) in [4.78, 5) is 16.6. The molecule has 4 aromatic rings. The van der Waals surface area contributed by atoms with Crippen LogP contribution in [0.25, 0.3) is 22.4 Å². The fourth-order valence-corrected chi connectivity index (χ4v) is 2.87. The number of rotatable bonds is 5. The van der Waals surface area contributed by atoms with Crippen molar-refractivity contribution in [2.45, 2.75) is 6.10 Å². The SMILES string of the molecule is Nc1nc(N)c2nc(-c3ccc(OCC(O)c4ccccc4)cc3)c(N)nc2n1. The molecule has 1 unspecified atom stereocenters. The van der Waals surface area contributed by atoms with Crippen LogP contribution in [0, 0.1) is 0 Å². The highest BCUT2D eigenvalue weighted by molar-refractivity contribution is 5.87. The predicted octanol–water partition coefficient (Wildman–Crippen LogP) is 1.95. The van der Waals surface area contributed by atoms with Crippen molar-refractivity contribution in [2.24, 2.45) is 0 Å². The summed E-state index contributed by atoms with van der Waals surface area (Å²) >= 11 is 0. The van der Waals surface area contributed by atoms with Crippen LogP contribution < -0.4 is 21.9 Å². The minimum absolute atomic E-state index is 0.00985. The molecule has 0 radical (unpaired) electrons. The van der Waals surface area contributed by atoms with Gasteiger partial charge in [-0.3, -0.25) is 0 Å². The molecule has 7 N–H and O–H groups in total. The summed E-state index contributed by atoms with van der Waals surface area (Å²) in [5, 5.41) is 10.2. The first-order chi connectivity index (χ1) is 14.0. The van der Waals surface area contributed by atoms with Crippen LogP contribution in [0.5, 0.6) is 5.75 Å². The molecule has 9 nitrogen and oxygen atoms in total. The van der Waals surface area contributed by atoms with Crippen LogP contribution in [-0.4, -0.2) is 31.6 Å². The number of aromatic nitrogens is 4. The molecule has 2 aromatic heterocycles. The van der Waals surface area contributed by atoms with Crippen molar-refractivity contribution in [1.82, 2.24) is 19.9 Å². The molecule has 0 saturated heterocycles. The third-order valence-electron chi connectivity index (χ3n) is 4.32. The number of nitrogens with two attached hydrogens (primary N) is 3. The first-order valence-electron chi connectivity index (χ1n) is 8.83. The van der Waals surface area contributed by atoms with Crippen molar-refractivity contribution in [1.29, 1.82) is 0 Å². The van der Waals surface area contributed by atoms with E-state index in [0.29, 0.717) is 17.0 Å². The van der Waals surface area contributed by atoms with E-state index in [1.54, 1.807) is 24.3 Å². The molecular weight excluding hydrogens is 370 g/mol. The van der Waals surface area contributed by atoms with Gasteiger partial charge >= 0.3 is 0 Å². The summed E-state index contributed by atoms with van der Waals surface area (Å²) in [6.07, 6.45) is -0.715. The third-order valence-corrected chi connectivity index (χ3v) is 4.32. The number of aliphatic hydroxyl groups excluding tert-OH is 1. The Bertz CT molecular complexity index is 1150. The van der Waals surface area contributed by atoms with Crippen molar-refractivity contribution in [3.8, 4) is 17.0 Å². The zero-order valence-corrected chi connectivity index (χ0v) is 15.4. The van der Waals surface area contributed by atoms with E-state index in [9.17, 15) is 5.11 Å². The van der Waals surface area contributed by atoms with Crippen LogP contribution in [-0.2, 0) is 0 Å². The molecule has 2 aromatic carbocycles. The van der Waals surface area contributed by atoms with Gasteiger partial charge in [0.25, 0.3) is 0 Å². The summed E-state index contributed by atoms with van der Waals surface area (Å²) in [6, 6.07) is 16.5. The fraction of sp³-hybridized carbons (Fsp3) is 0.100. The summed E-state index contributed by atoms with van der Waals surface area (Å²) in [6.45, 7) is 0.135. The second-order valence-electron chi connectivity index (χ2n) is 6.36. The number of hydrogen-bond donors (Lipinski definition) is 4. The molecule has 146 valence electrons. The Morgan fingerprint density at radius 2 is 1.55 bits per heavy atom. The van der Waals surface area contributed by atoms with Gasteiger partial charge in [-0.25, -0.2) is 9.97 Å². The number of anilines is 3. The van der Waals surface area contributed by atoms with Crippen molar-refractivity contribution in [3.05, 3.63) is 60.2 Å². The van der Waals surface area contributed by atoms with Crippen LogP contribution in [0.1, 0.15) is 11.7 Å². The number of nitrogen functional groups attached to an aromatic ring is 3. The number of benzene rings is 2. The lowest BCUT2D eigenvalue weighted by Crippen LogP contribution is -2.09. The van der Waals surface area contributed by atoms with E-state index in [1.165, 1.54) is 0 Å². The van der Waals surface area contributed by atoms with Gasteiger partial charge in [0.15, 0.2) is 22.8 Å². The summed E-state index contributed by atoms with van der Waals surface area (Å²) in [7, 11) is 0. The zero-order valence-electron chi connectivity index (χ0n) is 15.4. The lowest BCUT2D eigenvalue weighted by Gasteiger charge is -2.13. The van der Waals surface area contributed by atoms with Crippen LogP contribution in [0.3, 0.4) is 0 Å². The molecule has 0 spiro atoms. The fourth-order valence-electron chi connectivity index (χ4n) is 2.87. The second kappa shape index (κ2) is 7.56. The molecule has 1 atom stereocenters. The smallest absolute Gasteiger partial charge is 0.224 e. The first-order valence-corrected chi connectivity index (χ1v) is 8.83. The summed E-state index contributed by atoms with van der Waals surface area (Å²) in [5.74, 6) is 0.946. The van der Waals surface area contributed by atoms with E-state index in [1.807, 2.05) is 30.3 Å². The van der Waals surface area contributed by atoms with Crippen LogP contribution >= 0.6 is 0 Å². The second-order valence-corrected chi connectivity index (χ2v) is 6.36. The highest BCUT2D eigenvalue weighted by atomic mass is 16.5. The molecule has 0 aliphatic rings. The van der Waals surface area contributed by atoms with Crippen molar-refractivity contribution in [2.75, 3.05) is 23.8 Å². The molecule has 0 amide bonds. The number of nitrogens with zero attached hydrogens (tertiary/aromatic N) is 4. The molecule has 2 heterocycles. The molecule has 0 saturated carbocycles. The van der Waals surface area contributed by atoms with Gasteiger partial charge in [-0.05, 0) is 29.8 Å². The highest BCUT2D eigenvalue weighted by Crippen LogP contribution is 2.28. The average Bonchev–Trinajstić information content (AvgIpc) is 2.72. The quantitative estimate of drug-likeness (QED) is 0.400. The minimum Gasteiger partial charge on any atom is -0.491 e. The van der Waals surface area contributed by atoms with E-state index in [-0.39, 0.29) is 29.8 Å². The van der Waals surface area contributed by atoms with Gasteiger partial charge in [-0.1, -0.05) is 30.3 Å². The Kier molecular flexibility index (Phi) is 4.80. The first kappa shape index (κ1) is 18.4. The normalized spacial score (nSPS) is 12.0. The van der Waals surface area contributed by atoms with E-state index < -0.39 is 6.10 Å². The van der Waals surface area contributed by atoms with Crippen LogP contribution in [0.2, 0.25) is 0 Å². The lowest BCUT2D eigenvalue weighted by molar-refractivity contribution is 0.108. The van der Waals surface area contributed by atoms with E-state index in [0.717, 1.165) is 11.1 Å². The van der Waals surface area contributed by atoms with Gasteiger partial charge in [0, 0.05) is 5.56 Å². The Balaban J connectivity index is 1.54. The van der Waals surface area contributed by atoms with Gasteiger partial charge in [0.1, 0.15) is 24.2 Å². The maximum atomic E-state index is 10.2. The van der Waals surface area contributed by atoms with Crippen molar-refractivity contribution < 1.29 is 9.84 Å². The van der Waals surface area contributed by atoms with E-state index in [2.05, 4.69) is 19.9 Å². The van der Waals surface area contributed by atoms with E-state index in [4.69, 9.17) is 21.9 Å². The average molecular weight is 389 g/mol. The Morgan fingerprint density at radius 1 is 0.828 bits per heavy atom.